The Bertz CT molecular complexity index is 1160. The first kappa shape index (κ1) is 17.8. The smallest absolute Gasteiger partial charge is 0.270 e. The molecule has 3 atom stereocenters. The van der Waals surface area contributed by atoms with Crippen LogP contribution in [0.5, 0.6) is 0 Å². The highest BCUT2D eigenvalue weighted by molar-refractivity contribution is 7.93. The lowest BCUT2D eigenvalue weighted by Crippen LogP contribution is -2.43. The number of hydrogen-bond acceptors (Lipinski definition) is 6. The molecular weight excluding hydrogens is 394 g/mol. The summed E-state index contributed by atoms with van der Waals surface area (Å²) in [5, 5.41) is 7.30. The van der Waals surface area contributed by atoms with Gasteiger partial charge in [-0.3, -0.25) is 9.78 Å². The highest BCUT2D eigenvalue weighted by Gasteiger charge is 2.39. The van der Waals surface area contributed by atoms with Crippen molar-refractivity contribution in [3.63, 3.8) is 0 Å². The van der Waals surface area contributed by atoms with Crippen LogP contribution in [0.2, 0.25) is 0 Å². The summed E-state index contributed by atoms with van der Waals surface area (Å²) in [6.07, 6.45) is 4.80. The van der Waals surface area contributed by atoms with Gasteiger partial charge in [0.1, 0.15) is 9.90 Å². The first-order valence-corrected chi connectivity index (χ1v) is 11.6. The fraction of sp³-hybridized carbons (Fsp3) is 0.300. The quantitative estimate of drug-likeness (QED) is 0.687. The lowest BCUT2D eigenvalue weighted by atomic mass is 9.95. The Morgan fingerprint density at radius 2 is 2.00 bits per heavy atom. The molecule has 8 heteroatoms. The molecule has 1 aromatic carbocycles. The highest BCUT2D eigenvalue weighted by atomic mass is 32.2. The second kappa shape index (κ2) is 6.65. The molecule has 0 unspecified atom stereocenters. The molecule has 28 heavy (non-hydrogen) atoms. The number of carbonyl (C=O) groups is 1. The molecule has 2 aliphatic rings. The Morgan fingerprint density at radius 3 is 2.71 bits per heavy atom. The third-order valence-corrected chi connectivity index (χ3v) is 8.89. The number of pyridine rings is 1. The SMILES string of the molecule is O=C(N[C@@H]1C[C@H]2CC[C@@H]1N2)c1cc2sc(S(=O)(=O)c3ccccc3)cc2cn1. The number of benzene rings is 1. The normalized spacial score (nSPS) is 23.9. The molecule has 6 nitrogen and oxygen atoms in total. The third kappa shape index (κ3) is 3.01. The maximum Gasteiger partial charge on any atom is 0.270 e. The van der Waals surface area contributed by atoms with E-state index < -0.39 is 9.84 Å². The summed E-state index contributed by atoms with van der Waals surface area (Å²) >= 11 is 1.17. The van der Waals surface area contributed by atoms with E-state index >= 15 is 0 Å². The van der Waals surface area contributed by atoms with E-state index in [1.54, 1.807) is 48.7 Å². The van der Waals surface area contributed by atoms with Crippen molar-refractivity contribution in [2.24, 2.45) is 0 Å². The summed E-state index contributed by atoms with van der Waals surface area (Å²) in [6, 6.07) is 12.7. The Morgan fingerprint density at radius 1 is 1.18 bits per heavy atom. The monoisotopic (exact) mass is 413 g/mol. The summed E-state index contributed by atoms with van der Waals surface area (Å²) in [6.45, 7) is 0. The van der Waals surface area contributed by atoms with Crippen molar-refractivity contribution in [1.29, 1.82) is 0 Å². The van der Waals surface area contributed by atoms with Crippen LogP contribution in [0.1, 0.15) is 29.8 Å². The van der Waals surface area contributed by atoms with Crippen LogP contribution in [0.15, 0.2) is 57.8 Å². The molecule has 1 amide bonds. The van der Waals surface area contributed by atoms with Gasteiger partial charge in [0, 0.05) is 34.4 Å². The van der Waals surface area contributed by atoms with E-state index in [1.807, 2.05) is 0 Å². The maximum atomic E-state index is 12.8. The number of fused-ring (bicyclic) bond motifs is 3. The van der Waals surface area contributed by atoms with Gasteiger partial charge in [0.05, 0.1) is 4.90 Å². The first-order chi connectivity index (χ1) is 13.5. The van der Waals surface area contributed by atoms with Gasteiger partial charge in [-0.05, 0) is 43.5 Å². The highest BCUT2D eigenvalue weighted by Crippen LogP contribution is 2.33. The second-order valence-electron chi connectivity index (χ2n) is 7.35. The predicted molar refractivity (Wildman–Crippen MR) is 107 cm³/mol. The van der Waals surface area contributed by atoms with E-state index in [1.165, 1.54) is 17.8 Å². The second-order valence-corrected chi connectivity index (χ2v) is 10.6. The van der Waals surface area contributed by atoms with E-state index in [2.05, 4.69) is 15.6 Å². The Hall–Kier alpha value is -2.29. The lowest BCUT2D eigenvalue weighted by molar-refractivity contribution is 0.0926. The summed E-state index contributed by atoms with van der Waals surface area (Å²) < 4.78 is 26.7. The topological polar surface area (TPSA) is 88.2 Å². The number of thiophene rings is 1. The zero-order chi connectivity index (χ0) is 19.3. The Kier molecular flexibility index (Phi) is 4.22. The van der Waals surface area contributed by atoms with Gasteiger partial charge in [0.25, 0.3) is 5.91 Å². The largest absolute Gasteiger partial charge is 0.346 e. The average molecular weight is 414 g/mol. The van der Waals surface area contributed by atoms with Gasteiger partial charge in [-0.2, -0.15) is 0 Å². The van der Waals surface area contributed by atoms with Crippen molar-refractivity contribution in [2.75, 3.05) is 0 Å². The Balaban J connectivity index is 1.42. The van der Waals surface area contributed by atoms with E-state index in [0.29, 0.717) is 17.8 Å². The van der Waals surface area contributed by atoms with Crippen molar-refractivity contribution in [3.05, 3.63) is 54.4 Å². The van der Waals surface area contributed by atoms with Gasteiger partial charge in [0.2, 0.25) is 9.84 Å². The van der Waals surface area contributed by atoms with Gasteiger partial charge in [0.15, 0.2) is 0 Å². The van der Waals surface area contributed by atoms with Crippen LogP contribution in [-0.4, -0.2) is 37.4 Å². The molecule has 0 spiro atoms. The zero-order valence-corrected chi connectivity index (χ0v) is 16.6. The standard InChI is InChI=1S/C20H19N3O3S2/c24-20(23-16-9-13-6-7-15(16)22-13)17-10-18-12(11-21-17)8-19(27-18)28(25,26)14-4-2-1-3-5-14/h1-5,8,10-11,13,15-16,22H,6-7,9H2,(H,23,24)/t13-,15+,16-/m1/s1. The number of nitrogens with zero attached hydrogens (tertiary/aromatic N) is 1. The minimum Gasteiger partial charge on any atom is -0.346 e. The summed E-state index contributed by atoms with van der Waals surface area (Å²) in [5.41, 5.74) is 0.320. The van der Waals surface area contributed by atoms with E-state index in [4.69, 9.17) is 0 Å². The van der Waals surface area contributed by atoms with Crippen LogP contribution in [-0.2, 0) is 9.84 Å². The molecule has 4 heterocycles. The maximum absolute atomic E-state index is 12.8. The fourth-order valence-corrected chi connectivity index (χ4v) is 6.94. The van der Waals surface area contributed by atoms with Crippen LogP contribution in [0.3, 0.4) is 0 Å². The molecule has 2 fully saturated rings. The summed E-state index contributed by atoms with van der Waals surface area (Å²) in [7, 11) is -3.58. The van der Waals surface area contributed by atoms with E-state index in [-0.39, 0.29) is 21.1 Å². The minimum atomic E-state index is -3.58. The molecule has 2 aromatic heterocycles. The number of nitrogens with one attached hydrogen (secondary N) is 2. The zero-order valence-electron chi connectivity index (χ0n) is 15.0. The number of hydrogen-bond donors (Lipinski definition) is 2. The van der Waals surface area contributed by atoms with Gasteiger partial charge in [-0.25, -0.2) is 8.42 Å². The van der Waals surface area contributed by atoms with Gasteiger partial charge in [-0.15, -0.1) is 11.3 Å². The number of carbonyl (C=O) groups excluding carboxylic acids is 1. The van der Waals surface area contributed by atoms with Crippen molar-refractivity contribution < 1.29 is 13.2 Å². The molecular formula is C20H19N3O3S2. The molecule has 2 aliphatic heterocycles. The van der Waals surface area contributed by atoms with Crippen molar-refractivity contribution in [1.82, 2.24) is 15.6 Å². The number of rotatable bonds is 4. The molecule has 0 saturated carbocycles. The van der Waals surface area contributed by atoms with Crippen LogP contribution >= 0.6 is 11.3 Å². The number of aromatic nitrogens is 1. The van der Waals surface area contributed by atoms with Crippen LogP contribution in [0.4, 0.5) is 0 Å². The molecule has 2 saturated heterocycles. The third-order valence-electron chi connectivity index (χ3n) is 5.55. The minimum absolute atomic E-state index is 0.140. The van der Waals surface area contributed by atoms with Crippen molar-refractivity contribution >= 4 is 37.2 Å². The lowest BCUT2D eigenvalue weighted by Gasteiger charge is -2.21. The number of amides is 1. The molecule has 0 aliphatic carbocycles. The Labute approximate surface area is 166 Å². The van der Waals surface area contributed by atoms with Crippen molar-refractivity contribution in [3.8, 4) is 0 Å². The van der Waals surface area contributed by atoms with Crippen LogP contribution in [0, 0.1) is 0 Å². The number of sulfone groups is 1. The van der Waals surface area contributed by atoms with Crippen LogP contribution < -0.4 is 10.6 Å². The van der Waals surface area contributed by atoms with Gasteiger partial charge < -0.3 is 10.6 Å². The van der Waals surface area contributed by atoms with Gasteiger partial charge >= 0.3 is 0 Å². The van der Waals surface area contributed by atoms with E-state index in [9.17, 15) is 13.2 Å². The van der Waals surface area contributed by atoms with Crippen LogP contribution in [0.25, 0.3) is 10.1 Å². The van der Waals surface area contributed by atoms with E-state index in [0.717, 1.165) is 22.9 Å². The first-order valence-electron chi connectivity index (χ1n) is 9.27. The summed E-state index contributed by atoms with van der Waals surface area (Å²) in [4.78, 5) is 17.1. The molecule has 144 valence electrons. The molecule has 0 radical (unpaired) electrons. The predicted octanol–water partition coefficient (Wildman–Crippen LogP) is 2.75. The van der Waals surface area contributed by atoms with Gasteiger partial charge in [-0.1, -0.05) is 18.2 Å². The van der Waals surface area contributed by atoms with Crippen molar-refractivity contribution in [2.45, 2.75) is 46.5 Å². The molecule has 2 bridgehead atoms. The summed E-state index contributed by atoms with van der Waals surface area (Å²) in [5.74, 6) is -0.206. The molecule has 3 aromatic rings. The average Bonchev–Trinajstić information content (AvgIpc) is 3.43. The fourth-order valence-electron chi connectivity index (χ4n) is 4.11. The molecule has 5 rings (SSSR count). The molecule has 2 N–H and O–H groups in total.